The molecule has 1 aliphatic heterocycles. The maximum atomic E-state index is 5.45. The predicted octanol–water partition coefficient (Wildman–Crippen LogP) is 1.51. The van der Waals surface area contributed by atoms with Crippen LogP contribution in [-0.4, -0.2) is 36.8 Å². The van der Waals surface area contributed by atoms with E-state index in [2.05, 4.69) is 19.2 Å². The van der Waals surface area contributed by atoms with Gasteiger partial charge in [0.25, 0.3) is 0 Å². The van der Waals surface area contributed by atoms with Gasteiger partial charge in [0, 0.05) is 17.9 Å². The Balaban J connectivity index is 2.31. The molecule has 2 atom stereocenters. The smallest absolute Gasteiger partial charge is 0.0600 e. The van der Waals surface area contributed by atoms with Crippen molar-refractivity contribution >= 4 is 11.8 Å². The van der Waals surface area contributed by atoms with Crippen molar-refractivity contribution in [3.63, 3.8) is 0 Å². The van der Waals surface area contributed by atoms with E-state index < -0.39 is 0 Å². The van der Waals surface area contributed by atoms with Gasteiger partial charge in [-0.2, -0.15) is 11.8 Å². The first kappa shape index (κ1) is 10.4. The second kappa shape index (κ2) is 5.84. The minimum absolute atomic E-state index is 0.670. The summed E-state index contributed by atoms with van der Waals surface area (Å²) in [6.45, 7) is 7.31. The summed E-state index contributed by atoms with van der Waals surface area (Å²) in [5, 5.41) is 4.19. The van der Waals surface area contributed by atoms with Crippen LogP contribution in [0.5, 0.6) is 0 Å². The summed E-state index contributed by atoms with van der Waals surface area (Å²) in [7, 11) is 0. The molecule has 1 rings (SSSR count). The van der Waals surface area contributed by atoms with Gasteiger partial charge < -0.3 is 10.1 Å². The molecule has 0 saturated carbocycles. The number of ether oxygens (including phenoxy) is 1. The largest absolute Gasteiger partial charge is 0.380 e. The fourth-order valence-corrected chi connectivity index (χ4v) is 2.67. The average Bonchev–Trinajstić information content (AvgIpc) is 2.09. The molecule has 1 N–H and O–H groups in total. The quantitative estimate of drug-likeness (QED) is 0.724. The Morgan fingerprint density at radius 2 is 2.33 bits per heavy atom. The first-order valence-electron chi connectivity index (χ1n) is 4.81. The normalized spacial score (nSPS) is 30.5. The number of hydrogen-bond donors (Lipinski definition) is 1. The standard InChI is InChI=1S/C9H19NOS/c1-3-10-8-5-6-11-7-9(8)12-4-2/h8-10H,3-7H2,1-2H3. The Hall–Kier alpha value is 0.270. The molecule has 2 nitrogen and oxygen atoms in total. The van der Waals surface area contributed by atoms with Crippen LogP contribution in [0.25, 0.3) is 0 Å². The van der Waals surface area contributed by atoms with E-state index in [0.29, 0.717) is 11.3 Å². The van der Waals surface area contributed by atoms with Crippen LogP contribution in [0.15, 0.2) is 0 Å². The molecule has 1 aliphatic rings. The van der Waals surface area contributed by atoms with E-state index in [9.17, 15) is 0 Å². The summed E-state index contributed by atoms with van der Waals surface area (Å²) < 4.78 is 5.45. The van der Waals surface area contributed by atoms with Gasteiger partial charge in [-0.15, -0.1) is 0 Å². The molecule has 0 bridgehead atoms. The van der Waals surface area contributed by atoms with E-state index in [0.717, 1.165) is 19.8 Å². The molecule has 0 aliphatic carbocycles. The van der Waals surface area contributed by atoms with Crippen molar-refractivity contribution in [1.82, 2.24) is 5.32 Å². The molecule has 1 fully saturated rings. The molecule has 1 heterocycles. The van der Waals surface area contributed by atoms with Crippen LogP contribution in [0.3, 0.4) is 0 Å². The maximum Gasteiger partial charge on any atom is 0.0600 e. The summed E-state index contributed by atoms with van der Waals surface area (Å²) >= 11 is 2.01. The Bertz CT molecular complexity index is 103. The number of nitrogens with one attached hydrogen (secondary N) is 1. The Kier molecular flexibility index (Phi) is 5.04. The first-order chi connectivity index (χ1) is 5.88. The highest BCUT2D eigenvalue weighted by atomic mass is 32.2. The lowest BCUT2D eigenvalue weighted by Gasteiger charge is -2.31. The zero-order valence-electron chi connectivity index (χ0n) is 8.01. The highest BCUT2D eigenvalue weighted by Gasteiger charge is 2.24. The summed E-state index contributed by atoms with van der Waals surface area (Å²) in [6, 6.07) is 0.675. The van der Waals surface area contributed by atoms with E-state index in [1.807, 2.05) is 11.8 Å². The van der Waals surface area contributed by atoms with E-state index in [-0.39, 0.29) is 0 Å². The van der Waals surface area contributed by atoms with Gasteiger partial charge in [-0.3, -0.25) is 0 Å². The summed E-state index contributed by atoms with van der Waals surface area (Å²) in [6.07, 6.45) is 1.17. The van der Waals surface area contributed by atoms with Gasteiger partial charge in [0.1, 0.15) is 0 Å². The van der Waals surface area contributed by atoms with Crippen LogP contribution in [0.1, 0.15) is 20.3 Å². The van der Waals surface area contributed by atoms with Crippen LogP contribution in [0.4, 0.5) is 0 Å². The maximum absolute atomic E-state index is 5.45. The lowest BCUT2D eigenvalue weighted by atomic mass is 10.1. The Morgan fingerprint density at radius 1 is 1.50 bits per heavy atom. The third kappa shape index (κ3) is 2.96. The van der Waals surface area contributed by atoms with Crippen molar-refractivity contribution < 1.29 is 4.74 Å². The molecule has 0 aromatic rings. The van der Waals surface area contributed by atoms with Crippen LogP contribution in [0.2, 0.25) is 0 Å². The molecule has 0 amide bonds. The number of thioether (sulfide) groups is 1. The average molecular weight is 189 g/mol. The summed E-state index contributed by atoms with van der Waals surface area (Å²) in [5.41, 5.74) is 0. The molecule has 0 spiro atoms. The molecule has 72 valence electrons. The lowest BCUT2D eigenvalue weighted by molar-refractivity contribution is 0.0837. The minimum Gasteiger partial charge on any atom is -0.380 e. The van der Waals surface area contributed by atoms with Crippen molar-refractivity contribution in [2.24, 2.45) is 0 Å². The topological polar surface area (TPSA) is 21.3 Å². The van der Waals surface area contributed by atoms with Crippen LogP contribution in [-0.2, 0) is 4.74 Å². The third-order valence-corrected chi connectivity index (χ3v) is 3.38. The zero-order chi connectivity index (χ0) is 8.81. The van der Waals surface area contributed by atoms with Crippen LogP contribution < -0.4 is 5.32 Å². The van der Waals surface area contributed by atoms with E-state index in [1.54, 1.807) is 0 Å². The summed E-state index contributed by atoms with van der Waals surface area (Å²) in [4.78, 5) is 0. The lowest BCUT2D eigenvalue weighted by Crippen LogP contribution is -2.44. The molecular weight excluding hydrogens is 170 g/mol. The van der Waals surface area contributed by atoms with Crippen molar-refractivity contribution in [2.45, 2.75) is 31.6 Å². The Morgan fingerprint density at radius 3 is 3.00 bits per heavy atom. The molecule has 0 aromatic heterocycles. The van der Waals surface area contributed by atoms with Gasteiger partial charge >= 0.3 is 0 Å². The van der Waals surface area contributed by atoms with Crippen molar-refractivity contribution in [1.29, 1.82) is 0 Å². The molecule has 0 radical (unpaired) electrons. The molecule has 3 heteroatoms. The molecule has 0 aromatic carbocycles. The monoisotopic (exact) mass is 189 g/mol. The third-order valence-electron chi connectivity index (χ3n) is 2.15. The van der Waals surface area contributed by atoms with E-state index in [1.165, 1.54) is 12.2 Å². The number of hydrogen-bond acceptors (Lipinski definition) is 3. The van der Waals surface area contributed by atoms with Gasteiger partial charge in [-0.1, -0.05) is 13.8 Å². The highest BCUT2D eigenvalue weighted by Crippen LogP contribution is 2.20. The second-order valence-electron chi connectivity index (χ2n) is 3.02. The minimum atomic E-state index is 0.670. The van der Waals surface area contributed by atoms with Gasteiger partial charge in [-0.05, 0) is 18.7 Å². The van der Waals surface area contributed by atoms with Gasteiger partial charge in [0.2, 0.25) is 0 Å². The van der Waals surface area contributed by atoms with Crippen LogP contribution in [0, 0.1) is 0 Å². The van der Waals surface area contributed by atoms with Gasteiger partial charge in [0.05, 0.1) is 6.61 Å². The molecule has 2 unspecified atom stereocenters. The SMILES string of the molecule is CCNC1CCOCC1SCC. The number of rotatable bonds is 4. The van der Waals surface area contributed by atoms with Crippen molar-refractivity contribution in [2.75, 3.05) is 25.5 Å². The summed E-state index contributed by atoms with van der Waals surface area (Å²) in [5.74, 6) is 1.19. The second-order valence-corrected chi connectivity index (χ2v) is 4.54. The zero-order valence-corrected chi connectivity index (χ0v) is 8.82. The van der Waals surface area contributed by atoms with E-state index in [4.69, 9.17) is 4.74 Å². The highest BCUT2D eigenvalue weighted by molar-refractivity contribution is 7.99. The van der Waals surface area contributed by atoms with Gasteiger partial charge in [-0.25, -0.2) is 0 Å². The predicted molar refractivity (Wildman–Crippen MR) is 54.8 cm³/mol. The Labute approximate surface area is 79.4 Å². The van der Waals surface area contributed by atoms with Gasteiger partial charge in [0.15, 0.2) is 0 Å². The molecular formula is C9H19NOS. The van der Waals surface area contributed by atoms with Crippen molar-refractivity contribution in [3.05, 3.63) is 0 Å². The van der Waals surface area contributed by atoms with Crippen molar-refractivity contribution in [3.8, 4) is 0 Å². The van der Waals surface area contributed by atoms with E-state index >= 15 is 0 Å². The molecule has 1 saturated heterocycles. The first-order valence-corrected chi connectivity index (χ1v) is 5.86. The van der Waals surface area contributed by atoms with Crippen LogP contribution >= 0.6 is 11.8 Å². The fraction of sp³-hybridized carbons (Fsp3) is 1.00. The molecule has 12 heavy (non-hydrogen) atoms. The fourth-order valence-electron chi connectivity index (χ4n) is 1.59.